The minimum atomic E-state index is -0.193. The number of aromatic nitrogens is 1. The van der Waals surface area contributed by atoms with E-state index in [0.717, 1.165) is 62.8 Å². The Balaban J connectivity index is 1.52. The van der Waals surface area contributed by atoms with Crippen molar-refractivity contribution in [3.63, 3.8) is 0 Å². The van der Waals surface area contributed by atoms with E-state index in [0.29, 0.717) is 6.54 Å². The monoisotopic (exact) mass is 406 g/mol. The summed E-state index contributed by atoms with van der Waals surface area (Å²) in [7, 11) is 0. The number of nitrogens with two attached hydrogens (primary N) is 1. The van der Waals surface area contributed by atoms with Gasteiger partial charge in [-0.3, -0.25) is 4.79 Å². The van der Waals surface area contributed by atoms with Crippen LogP contribution in [-0.4, -0.2) is 43.0 Å². The normalized spacial score (nSPS) is 17.2. The summed E-state index contributed by atoms with van der Waals surface area (Å²) in [6, 6.07) is 12.6. The number of nitrogens with one attached hydrogen (secondary N) is 1. The van der Waals surface area contributed by atoms with Crippen molar-refractivity contribution in [1.29, 1.82) is 0 Å². The molecular formula is C23H30N6O. The molecule has 1 aromatic heterocycles. The molecule has 2 aliphatic heterocycles. The summed E-state index contributed by atoms with van der Waals surface area (Å²) in [6.45, 7) is 5.99. The Labute approximate surface area is 178 Å². The Morgan fingerprint density at radius 1 is 1.20 bits per heavy atom. The van der Waals surface area contributed by atoms with Gasteiger partial charge in [-0.1, -0.05) is 24.3 Å². The zero-order chi connectivity index (χ0) is 20.9. The van der Waals surface area contributed by atoms with Crippen LogP contribution in [0, 0.1) is 5.92 Å². The van der Waals surface area contributed by atoms with E-state index in [-0.39, 0.29) is 11.8 Å². The van der Waals surface area contributed by atoms with Gasteiger partial charge in [0.05, 0.1) is 6.54 Å². The van der Waals surface area contributed by atoms with Gasteiger partial charge in [0.1, 0.15) is 5.82 Å². The number of primary amides is 1. The molecule has 4 rings (SSSR count). The highest BCUT2D eigenvalue weighted by Gasteiger charge is 2.25. The van der Waals surface area contributed by atoms with Crippen LogP contribution in [-0.2, 0) is 17.8 Å². The highest BCUT2D eigenvalue weighted by molar-refractivity contribution is 5.98. The predicted molar refractivity (Wildman–Crippen MR) is 121 cm³/mol. The Morgan fingerprint density at radius 2 is 2.00 bits per heavy atom. The molecule has 1 aromatic carbocycles. The lowest BCUT2D eigenvalue weighted by molar-refractivity contribution is -0.122. The molecule has 30 heavy (non-hydrogen) atoms. The van der Waals surface area contributed by atoms with Crippen molar-refractivity contribution in [2.75, 3.05) is 36.0 Å². The Morgan fingerprint density at radius 3 is 2.77 bits per heavy atom. The van der Waals surface area contributed by atoms with Crippen molar-refractivity contribution in [2.45, 2.75) is 32.7 Å². The van der Waals surface area contributed by atoms with Gasteiger partial charge in [-0.05, 0) is 43.9 Å². The number of carbonyl (C=O) groups excluding carboxylic acids is 1. The second-order valence-electron chi connectivity index (χ2n) is 7.85. The van der Waals surface area contributed by atoms with Crippen molar-refractivity contribution < 1.29 is 4.79 Å². The molecule has 2 aromatic rings. The molecule has 0 unspecified atom stereocenters. The number of hydrogen-bond donors (Lipinski definition) is 2. The van der Waals surface area contributed by atoms with Crippen LogP contribution < -0.4 is 20.9 Å². The van der Waals surface area contributed by atoms with Crippen molar-refractivity contribution in [3.8, 4) is 0 Å². The lowest BCUT2D eigenvalue weighted by atomic mass is 9.96. The van der Waals surface area contributed by atoms with E-state index in [9.17, 15) is 4.79 Å². The molecule has 7 nitrogen and oxygen atoms in total. The number of aliphatic imine (C=N–C) groups is 1. The average Bonchev–Trinajstić information content (AvgIpc) is 3.21. The summed E-state index contributed by atoms with van der Waals surface area (Å²) in [4.78, 5) is 25.6. The SMILES string of the molecule is CCNC(=NCc1cccnc1N1CCC(C(N)=O)CC1)N1CCc2ccccc21. The van der Waals surface area contributed by atoms with Crippen molar-refractivity contribution in [3.05, 3.63) is 53.7 Å². The van der Waals surface area contributed by atoms with Gasteiger partial charge in [0.2, 0.25) is 5.91 Å². The number of hydrogen-bond acceptors (Lipinski definition) is 4. The Bertz CT molecular complexity index is 919. The first-order chi connectivity index (χ1) is 14.7. The van der Waals surface area contributed by atoms with E-state index in [4.69, 9.17) is 10.7 Å². The maximum Gasteiger partial charge on any atom is 0.220 e. The molecule has 158 valence electrons. The summed E-state index contributed by atoms with van der Waals surface area (Å²) in [5.74, 6) is 1.65. The standard InChI is InChI=1S/C23H30N6O/c1-2-25-23(29-15-11-17-6-3-4-8-20(17)29)27-16-19-7-5-12-26-22(19)28-13-9-18(10-14-28)21(24)30/h3-8,12,18H,2,9-11,13-16H2,1H3,(H2,24,30)(H,25,27). The van der Waals surface area contributed by atoms with Crippen LogP contribution in [0.25, 0.3) is 0 Å². The topological polar surface area (TPSA) is 86.9 Å². The van der Waals surface area contributed by atoms with Gasteiger partial charge in [0.25, 0.3) is 0 Å². The number of piperidine rings is 1. The fraction of sp³-hybridized carbons (Fsp3) is 0.435. The second-order valence-corrected chi connectivity index (χ2v) is 7.85. The first-order valence-corrected chi connectivity index (χ1v) is 10.8. The number of pyridine rings is 1. The van der Waals surface area contributed by atoms with E-state index in [1.54, 1.807) is 0 Å². The van der Waals surface area contributed by atoms with Crippen molar-refractivity contribution in [2.24, 2.45) is 16.6 Å². The first kappa shape index (κ1) is 20.2. The zero-order valence-electron chi connectivity index (χ0n) is 17.6. The van der Waals surface area contributed by atoms with Gasteiger partial charge >= 0.3 is 0 Å². The number of anilines is 2. The lowest BCUT2D eigenvalue weighted by Crippen LogP contribution is -2.40. The van der Waals surface area contributed by atoms with Gasteiger partial charge in [-0.15, -0.1) is 0 Å². The summed E-state index contributed by atoms with van der Waals surface area (Å²) in [5, 5.41) is 3.44. The molecule has 0 saturated carbocycles. The molecule has 0 atom stereocenters. The summed E-state index contributed by atoms with van der Waals surface area (Å²) >= 11 is 0. The quantitative estimate of drug-likeness (QED) is 0.588. The van der Waals surface area contributed by atoms with Crippen LogP contribution in [0.2, 0.25) is 0 Å². The van der Waals surface area contributed by atoms with E-state index >= 15 is 0 Å². The predicted octanol–water partition coefficient (Wildman–Crippen LogP) is 2.31. The molecule has 3 heterocycles. The number of amides is 1. The maximum absolute atomic E-state index is 11.5. The Hall–Kier alpha value is -3.09. The molecule has 0 spiro atoms. The number of para-hydroxylation sites is 1. The van der Waals surface area contributed by atoms with E-state index in [1.165, 1.54) is 11.3 Å². The van der Waals surface area contributed by atoms with Crippen LogP contribution in [0.15, 0.2) is 47.6 Å². The Kier molecular flexibility index (Phi) is 6.16. The van der Waals surface area contributed by atoms with Gasteiger partial charge in [-0.2, -0.15) is 0 Å². The van der Waals surface area contributed by atoms with Crippen molar-refractivity contribution in [1.82, 2.24) is 10.3 Å². The molecule has 1 fully saturated rings. The van der Waals surface area contributed by atoms with E-state index in [2.05, 4.69) is 57.4 Å². The van der Waals surface area contributed by atoms with Crippen LogP contribution in [0.1, 0.15) is 30.9 Å². The largest absolute Gasteiger partial charge is 0.369 e. The van der Waals surface area contributed by atoms with Crippen LogP contribution in [0.5, 0.6) is 0 Å². The van der Waals surface area contributed by atoms with Gasteiger partial charge in [-0.25, -0.2) is 9.98 Å². The molecule has 3 N–H and O–H groups in total. The molecule has 2 aliphatic rings. The fourth-order valence-electron chi connectivity index (χ4n) is 4.33. The zero-order valence-corrected chi connectivity index (χ0v) is 17.6. The van der Waals surface area contributed by atoms with E-state index in [1.807, 2.05) is 12.3 Å². The average molecular weight is 407 g/mol. The number of carbonyl (C=O) groups is 1. The third kappa shape index (κ3) is 4.25. The number of fused-ring (bicyclic) bond motifs is 1. The molecule has 0 bridgehead atoms. The highest BCUT2D eigenvalue weighted by atomic mass is 16.1. The molecule has 1 saturated heterocycles. The third-order valence-electron chi connectivity index (χ3n) is 5.94. The number of guanidine groups is 1. The summed E-state index contributed by atoms with van der Waals surface area (Å²) in [6.07, 6.45) is 4.42. The minimum absolute atomic E-state index is 0.0259. The molecule has 7 heteroatoms. The van der Waals surface area contributed by atoms with Crippen LogP contribution in [0.4, 0.5) is 11.5 Å². The van der Waals surface area contributed by atoms with Gasteiger partial charge in [0, 0.05) is 49.5 Å². The van der Waals surface area contributed by atoms with Crippen molar-refractivity contribution >= 4 is 23.4 Å². The molecule has 1 amide bonds. The number of rotatable bonds is 5. The van der Waals surface area contributed by atoms with Crippen LogP contribution in [0.3, 0.4) is 0 Å². The number of nitrogens with zero attached hydrogens (tertiary/aromatic N) is 4. The second kappa shape index (κ2) is 9.15. The van der Waals surface area contributed by atoms with Gasteiger partial charge in [0.15, 0.2) is 5.96 Å². The smallest absolute Gasteiger partial charge is 0.220 e. The summed E-state index contributed by atoms with van der Waals surface area (Å²) in [5.41, 5.74) is 9.17. The minimum Gasteiger partial charge on any atom is -0.369 e. The summed E-state index contributed by atoms with van der Waals surface area (Å²) < 4.78 is 0. The first-order valence-electron chi connectivity index (χ1n) is 10.8. The van der Waals surface area contributed by atoms with Gasteiger partial charge < -0.3 is 20.9 Å². The third-order valence-corrected chi connectivity index (χ3v) is 5.94. The lowest BCUT2D eigenvalue weighted by Gasteiger charge is -2.32. The number of benzene rings is 1. The fourth-order valence-corrected chi connectivity index (χ4v) is 4.33. The maximum atomic E-state index is 11.5. The molecule has 0 aliphatic carbocycles. The highest BCUT2D eigenvalue weighted by Crippen LogP contribution is 2.28. The van der Waals surface area contributed by atoms with E-state index < -0.39 is 0 Å². The molecule has 0 radical (unpaired) electrons. The van der Waals surface area contributed by atoms with Crippen LogP contribution >= 0.6 is 0 Å². The molecular weight excluding hydrogens is 376 g/mol.